The molecule has 0 saturated carbocycles. The Bertz CT molecular complexity index is 884. The van der Waals surface area contributed by atoms with Crippen molar-refractivity contribution in [2.24, 2.45) is 0 Å². The van der Waals surface area contributed by atoms with Crippen LogP contribution in [0.25, 0.3) is 0 Å². The second-order valence-corrected chi connectivity index (χ2v) is 7.36. The summed E-state index contributed by atoms with van der Waals surface area (Å²) in [6, 6.07) is 0. The number of fused-ring (bicyclic) bond motifs is 2. The predicted octanol–water partition coefficient (Wildman–Crippen LogP) is 1.16. The maximum atomic E-state index is 12.9. The number of H-pyrrole nitrogens is 2. The predicted molar refractivity (Wildman–Crippen MR) is 92.4 cm³/mol. The number of nitrogens with zero attached hydrogens (tertiary/aromatic N) is 3. The summed E-state index contributed by atoms with van der Waals surface area (Å²) in [4.78, 5) is 33.9. The molecule has 2 aromatic heterocycles. The Morgan fingerprint density at radius 3 is 3.00 bits per heavy atom. The van der Waals surface area contributed by atoms with Crippen molar-refractivity contribution in [1.82, 2.24) is 25.1 Å². The Morgan fingerprint density at radius 1 is 1.36 bits per heavy atom. The van der Waals surface area contributed by atoms with Gasteiger partial charge in [-0.2, -0.15) is 5.10 Å². The first-order valence-electron chi connectivity index (χ1n) is 8.85. The minimum Gasteiger partial charge on any atom is -0.341 e. The Morgan fingerprint density at radius 2 is 2.20 bits per heavy atom. The molecule has 0 radical (unpaired) electrons. The zero-order chi connectivity index (χ0) is 17.6. The van der Waals surface area contributed by atoms with Gasteiger partial charge < -0.3 is 9.88 Å². The first-order chi connectivity index (χ1) is 12.0. The number of aromatic nitrogens is 4. The molecular weight excluding hydrogens is 318 g/mol. The quantitative estimate of drug-likeness (QED) is 0.857. The number of hydrogen-bond donors (Lipinski definition) is 2. The van der Waals surface area contributed by atoms with Gasteiger partial charge in [-0.1, -0.05) is 0 Å². The highest BCUT2D eigenvalue weighted by Crippen LogP contribution is 2.43. The third kappa shape index (κ3) is 2.67. The number of carbonyl (C=O) groups is 1. The van der Waals surface area contributed by atoms with Crippen LogP contribution in [0, 0.1) is 13.8 Å². The molecule has 1 fully saturated rings. The van der Waals surface area contributed by atoms with Crippen molar-refractivity contribution >= 4 is 5.91 Å². The van der Waals surface area contributed by atoms with E-state index in [0.717, 1.165) is 32.2 Å². The molecule has 1 atom stereocenters. The summed E-state index contributed by atoms with van der Waals surface area (Å²) in [6.45, 7) is 4.99. The van der Waals surface area contributed by atoms with Gasteiger partial charge >= 0.3 is 0 Å². The van der Waals surface area contributed by atoms with Crippen molar-refractivity contribution in [2.75, 3.05) is 13.1 Å². The van der Waals surface area contributed by atoms with Crippen molar-refractivity contribution in [3.05, 3.63) is 44.9 Å². The zero-order valence-electron chi connectivity index (χ0n) is 14.7. The molecule has 1 aliphatic heterocycles. The van der Waals surface area contributed by atoms with Crippen LogP contribution in [0.4, 0.5) is 0 Å². The first kappa shape index (κ1) is 16.1. The number of piperidine rings is 1. The summed E-state index contributed by atoms with van der Waals surface area (Å²) in [5, 5.41) is 7.34. The van der Waals surface area contributed by atoms with Crippen LogP contribution in [0.1, 0.15) is 47.6 Å². The van der Waals surface area contributed by atoms with Crippen molar-refractivity contribution in [2.45, 2.75) is 51.4 Å². The van der Waals surface area contributed by atoms with Gasteiger partial charge in [0.05, 0.1) is 12.6 Å². The van der Waals surface area contributed by atoms with Crippen LogP contribution in [0.3, 0.4) is 0 Å². The van der Waals surface area contributed by atoms with Gasteiger partial charge in [-0.05, 0) is 45.1 Å². The fourth-order valence-corrected chi connectivity index (χ4v) is 4.43. The van der Waals surface area contributed by atoms with E-state index in [2.05, 4.69) is 20.2 Å². The van der Waals surface area contributed by atoms with E-state index < -0.39 is 0 Å². The van der Waals surface area contributed by atoms with E-state index in [1.54, 1.807) is 13.8 Å². The molecule has 2 N–H and O–H groups in total. The van der Waals surface area contributed by atoms with E-state index in [1.807, 2.05) is 11.1 Å². The summed E-state index contributed by atoms with van der Waals surface area (Å²) in [5.74, 6) is 0.583. The molecule has 25 heavy (non-hydrogen) atoms. The average molecular weight is 341 g/mol. The van der Waals surface area contributed by atoms with Gasteiger partial charge in [0.2, 0.25) is 5.91 Å². The lowest BCUT2D eigenvalue weighted by molar-refractivity contribution is -0.132. The fourth-order valence-electron chi connectivity index (χ4n) is 4.43. The second kappa shape index (κ2) is 5.82. The number of nitrogens with one attached hydrogen (secondary N) is 2. The van der Waals surface area contributed by atoms with E-state index in [1.165, 1.54) is 11.3 Å². The molecule has 1 saturated heterocycles. The smallest absolute Gasteiger partial charge is 0.254 e. The highest BCUT2D eigenvalue weighted by molar-refractivity contribution is 5.79. The van der Waals surface area contributed by atoms with Gasteiger partial charge in [-0.25, -0.2) is 4.98 Å². The van der Waals surface area contributed by atoms with E-state index in [9.17, 15) is 9.59 Å². The third-order valence-electron chi connectivity index (χ3n) is 5.72. The number of amides is 1. The maximum Gasteiger partial charge on any atom is 0.254 e. The molecule has 3 heterocycles. The first-order valence-corrected chi connectivity index (χ1v) is 8.85. The van der Waals surface area contributed by atoms with Crippen LogP contribution >= 0.6 is 0 Å². The van der Waals surface area contributed by atoms with E-state index in [-0.39, 0.29) is 23.3 Å². The minimum absolute atomic E-state index is 0.00583. The maximum absolute atomic E-state index is 12.9. The number of hydrogen-bond acceptors (Lipinski definition) is 4. The lowest BCUT2D eigenvalue weighted by Gasteiger charge is -2.40. The summed E-state index contributed by atoms with van der Waals surface area (Å²) in [6.07, 6.45) is 6.16. The summed E-state index contributed by atoms with van der Waals surface area (Å²) < 4.78 is 0. The molecule has 2 aromatic rings. The topological polar surface area (TPSA) is 94.7 Å². The Balaban J connectivity index is 1.55. The van der Waals surface area contributed by atoms with Gasteiger partial charge in [0, 0.05) is 35.5 Å². The van der Waals surface area contributed by atoms with E-state index in [0.29, 0.717) is 23.6 Å². The SMILES string of the molecule is Cc1nc(C)c(CC(=O)N2CCCC3(CCc4cn[nH]c43)C2)c(=O)[nH]1. The number of aromatic amines is 2. The molecule has 4 rings (SSSR count). The van der Waals surface area contributed by atoms with Crippen LogP contribution in [-0.4, -0.2) is 44.1 Å². The third-order valence-corrected chi connectivity index (χ3v) is 5.72. The van der Waals surface area contributed by atoms with Crippen molar-refractivity contribution in [3.8, 4) is 0 Å². The van der Waals surface area contributed by atoms with Gasteiger partial charge in [-0.15, -0.1) is 0 Å². The molecule has 2 aliphatic rings. The molecule has 1 unspecified atom stereocenters. The lowest BCUT2D eigenvalue weighted by Crippen LogP contribution is -2.48. The number of aryl methyl sites for hydroxylation is 3. The standard InChI is InChI=1S/C18H23N5O2/c1-11-14(17(25)21-12(2)20-11)8-15(24)23-7-3-5-18(10-23)6-4-13-9-19-22-16(13)18/h9H,3-8,10H2,1-2H3,(H,19,22)(H,20,21,25). The summed E-state index contributed by atoms with van der Waals surface area (Å²) in [7, 11) is 0. The summed E-state index contributed by atoms with van der Waals surface area (Å²) >= 11 is 0. The number of rotatable bonds is 2. The van der Waals surface area contributed by atoms with Crippen molar-refractivity contribution < 1.29 is 4.79 Å². The number of likely N-dealkylation sites (tertiary alicyclic amines) is 1. The molecule has 1 aliphatic carbocycles. The van der Waals surface area contributed by atoms with Crippen LogP contribution < -0.4 is 5.56 Å². The fraction of sp³-hybridized carbons (Fsp3) is 0.556. The molecule has 0 bridgehead atoms. The van der Waals surface area contributed by atoms with Crippen LogP contribution in [0.5, 0.6) is 0 Å². The summed E-state index contributed by atoms with van der Waals surface area (Å²) in [5.41, 5.74) is 3.40. The molecule has 7 heteroatoms. The highest BCUT2D eigenvalue weighted by Gasteiger charge is 2.44. The monoisotopic (exact) mass is 341 g/mol. The van der Waals surface area contributed by atoms with Gasteiger partial charge in [-0.3, -0.25) is 14.7 Å². The van der Waals surface area contributed by atoms with Crippen LogP contribution in [-0.2, 0) is 23.1 Å². The van der Waals surface area contributed by atoms with Gasteiger partial charge in [0.15, 0.2) is 0 Å². The lowest BCUT2D eigenvalue weighted by atomic mass is 9.77. The molecule has 7 nitrogen and oxygen atoms in total. The van der Waals surface area contributed by atoms with Crippen LogP contribution in [0.2, 0.25) is 0 Å². The van der Waals surface area contributed by atoms with Crippen molar-refractivity contribution in [1.29, 1.82) is 0 Å². The Kier molecular flexibility index (Phi) is 3.74. The molecule has 132 valence electrons. The average Bonchev–Trinajstić information content (AvgIpc) is 3.16. The Hall–Kier alpha value is -2.44. The molecule has 1 spiro atoms. The largest absolute Gasteiger partial charge is 0.341 e. The van der Waals surface area contributed by atoms with Crippen LogP contribution in [0.15, 0.2) is 11.0 Å². The minimum atomic E-state index is -0.207. The number of carbonyl (C=O) groups excluding carboxylic acids is 1. The second-order valence-electron chi connectivity index (χ2n) is 7.36. The normalized spacial score (nSPS) is 22.4. The van der Waals surface area contributed by atoms with Gasteiger partial charge in [0.1, 0.15) is 5.82 Å². The van der Waals surface area contributed by atoms with Crippen molar-refractivity contribution in [3.63, 3.8) is 0 Å². The van der Waals surface area contributed by atoms with Gasteiger partial charge in [0.25, 0.3) is 5.56 Å². The molecule has 1 amide bonds. The Labute approximate surface area is 145 Å². The zero-order valence-corrected chi connectivity index (χ0v) is 14.7. The molecule has 0 aromatic carbocycles. The molecular formula is C18H23N5O2. The van der Waals surface area contributed by atoms with E-state index in [4.69, 9.17) is 0 Å². The van der Waals surface area contributed by atoms with E-state index >= 15 is 0 Å². The highest BCUT2D eigenvalue weighted by atomic mass is 16.2.